The zero-order valence-corrected chi connectivity index (χ0v) is 14.8. The van der Waals surface area contributed by atoms with E-state index in [1.807, 2.05) is 24.3 Å². The molecule has 0 aromatic heterocycles. The SMILES string of the molecule is CC(C)C[C@@H]1NC(=O)[C@@H]2C[C@H](NCc3cccc(Cl)c3)CN2C1=O. The number of fused-ring (bicyclic) bond motifs is 1. The van der Waals surface area contributed by atoms with Crippen molar-refractivity contribution in [3.63, 3.8) is 0 Å². The van der Waals surface area contributed by atoms with E-state index in [0.717, 1.165) is 5.56 Å². The van der Waals surface area contributed by atoms with Gasteiger partial charge in [0.15, 0.2) is 0 Å². The Kier molecular flexibility index (Phi) is 5.11. The van der Waals surface area contributed by atoms with E-state index in [-0.39, 0.29) is 29.9 Å². The van der Waals surface area contributed by atoms with E-state index in [9.17, 15) is 9.59 Å². The topological polar surface area (TPSA) is 61.4 Å². The van der Waals surface area contributed by atoms with Gasteiger partial charge in [-0.05, 0) is 36.5 Å². The van der Waals surface area contributed by atoms with Gasteiger partial charge in [0.25, 0.3) is 0 Å². The van der Waals surface area contributed by atoms with E-state index in [1.165, 1.54) is 0 Å². The molecule has 2 N–H and O–H groups in total. The summed E-state index contributed by atoms with van der Waals surface area (Å²) in [6.45, 7) is 5.39. The first-order valence-electron chi connectivity index (χ1n) is 8.52. The molecule has 3 atom stereocenters. The lowest BCUT2D eigenvalue weighted by Gasteiger charge is -2.35. The summed E-state index contributed by atoms with van der Waals surface area (Å²) in [6.07, 6.45) is 1.35. The second kappa shape index (κ2) is 7.11. The maximum atomic E-state index is 12.6. The van der Waals surface area contributed by atoms with Crippen LogP contribution in [0.25, 0.3) is 0 Å². The Balaban J connectivity index is 1.61. The number of piperazine rings is 1. The fourth-order valence-electron chi connectivity index (χ4n) is 3.55. The summed E-state index contributed by atoms with van der Waals surface area (Å²) in [4.78, 5) is 26.7. The van der Waals surface area contributed by atoms with Crippen LogP contribution in [0.1, 0.15) is 32.3 Å². The van der Waals surface area contributed by atoms with Crippen molar-refractivity contribution in [2.24, 2.45) is 5.92 Å². The van der Waals surface area contributed by atoms with E-state index in [4.69, 9.17) is 11.6 Å². The van der Waals surface area contributed by atoms with E-state index < -0.39 is 0 Å². The third-order valence-electron chi connectivity index (χ3n) is 4.69. The molecule has 6 heteroatoms. The molecule has 1 aromatic rings. The molecule has 0 spiro atoms. The predicted molar refractivity (Wildman–Crippen MR) is 93.6 cm³/mol. The van der Waals surface area contributed by atoms with Crippen LogP contribution in [-0.2, 0) is 16.1 Å². The maximum Gasteiger partial charge on any atom is 0.245 e. The first kappa shape index (κ1) is 17.2. The lowest BCUT2D eigenvalue weighted by Crippen LogP contribution is -2.61. The van der Waals surface area contributed by atoms with Gasteiger partial charge in [0.1, 0.15) is 12.1 Å². The number of amides is 2. The minimum Gasteiger partial charge on any atom is -0.342 e. The summed E-state index contributed by atoms with van der Waals surface area (Å²) >= 11 is 6.00. The molecular formula is C18H24ClN3O2. The molecule has 2 aliphatic heterocycles. The number of benzene rings is 1. The third-order valence-corrected chi connectivity index (χ3v) is 4.93. The first-order valence-corrected chi connectivity index (χ1v) is 8.90. The minimum absolute atomic E-state index is 0.0210. The van der Waals surface area contributed by atoms with Crippen LogP contribution in [0.2, 0.25) is 5.02 Å². The zero-order chi connectivity index (χ0) is 17.3. The van der Waals surface area contributed by atoms with Crippen LogP contribution in [0.5, 0.6) is 0 Å². The normalized spacial score (nSPS) is 26.7. The quantitative estimate of drug-likeness (QED) is 0.854. The van der Waals surface area contributed by atoms with Crippen LogP contribution in [0.3, 0.4) is 0 Å². The van der Waals surface area contributed by atoms with Gasteiger partial charge < -0.3 is 15.5 Å². The Morgan fingerprint density at radius 2 is 2.17 bits per heavy atom. The van der Waals surface area contributed by atoms with E-state index in [2.05, 4.69) is 24.5 Å². The van der Waals surface area contributed by atoms with Gasteiger partial charge in [0.05, 0.1) is 0 Å². The van der Waals surface area contributed by atoms with E-state index in [0.29, 0.717) is 36.9 Å². The molecule has 130 valence electrons. The second-order valence-electron chi connectivity index (χ2n) is 7.14. The van der Waals surface area contributed by atoms with Crippen molar-refractivity contribution in [2.75, 3.05) is 6.54 Å². The number of carbonyl (C=O) groups is 2. The number of nitrogens with one attached hydrogen (secondary N) is 2. The Morgan fingerprint density at radius 1 is 1.38 bits per heavy atom. The second-order valence-corrected chi connectivity index (χ2v) is 7.58. The van der Waals surface area contributed by atoms with Crippen LogP contribution in [-0.4, -0.2) is 41.4 Å². The fraction of sp³-hybridized carbons (Fsp3) is 0.556. The molecule has 2 fully saturated rings. The van der Waals surface area contributed by atoms with Crippen molar-refractivity contribution in [2.45, 2.75) is 51.4 Å². The number of hydrogen-bond donors (Lipinski definition) is 2. The van der Waals surface area contributed by atoms with Crippen LogP contribution < -0.4 is 10.6 Å². The average Bonchev–Trinajstić information content (AvgIpc) is 2.95. The molecule has 0 bridgehead atoms. The highest BCUT2D eigenvalue weighted by molar-refractivity contribution is 6.30. The third kappa shape index (κ3) is 3.73. The molecular weight excluding hydrogens is 326 g/mol. The summed E-state index contributed by atoms with van der Waals surface area (Å²) in [5.74, 6) is 0.405. The highest BCUT2D eigenvalue weighted by Crippen LogP contribution is 2.25. The number of halogens is 1. The maximum absolute atomic E-state index is 12.6. The van der Waals surface area contributed by atoms with E-state index in [1.54, 1.807) is 4.90 Å². The zero-order valence-electron chi connectivity index (χ0n) is 14.1. The number of nitrogens with zero attached hydrogens (tertiary/aromatic N) is 1. The molecule has 2 heterocycles. The van der Waals surface area contributed by atoms with E-state index >= 15 is 0 Å². The van der Waals surface area contributed by atoms with Gasteiger partial charge in [-0.2, -0.15) is 0 Å². The number of carbonyl (C=O) groups excluding carboxylic acids is 2. The Labute approximate surface area is 147 Å². The Hall–Kier alpha value is -1.59. The molecule has 1 aromatic carbocycles. The predicted octanol–water partition coefficient (Wildman–Crippen LogP) is 1.94. The molecule has 0 saturated carbocycles. The van der Waals surface area contributed by atoms with Gasteiger partial charge >= 0.3 is 0 Å². The van der Waals surface area contributed by atoms with Crippen molar-refractivity contribution in [1.82, 2.24) is 15.5 Å². The standard InChI is InChI=1S/C18H24ClN3O2/c1-11(2)6-15-18(24)22-10-14(8-16(22)17(23)21-15)20-9-12-4-3-5-13(19)7-12/h3-5,7,11,14-16,20H,6,8-10H2,1-2H3,(H,21,23)/t14-,15-,16-/m0/s1. The van der Waals surface area contributed by atoms with Crippen LogP contribution in [0, 0.1) is 5.92 Å². The largest absolute Gasteiger partial charge is 0.342 e. The van der Waals surface area contributed by atoms with Crippen molar-refractivity contribution in [3.8, 4) is 0 Å². The fourth-order valence-corrected chi connectivity index (χ4v) is 3.76. The van der Waals surface area contributed by atoms with Crippen molar-refractivity contribution in [3.05, 3.63) is 34.9 Å². The summed E-state index contributed by atoms with van der Waals surface area (Å²) in [7, 11) is 0. The summed E-state index contributed by atoms with van der Waals surface area (Å²) < 4.78 is 0. The van der Waals surface area contributed by atoms with Crippen LogP contribution in [0.15, 0.2) is 24.3 Å². The molecule has 0 radical (unpaired) electrons. The molecule has 5 nitrogen and oxygen atoms in total. The van der Waals surface area contributed by atoms with Gasteiger partial charge in [-0.3, -0.25) is 9.59 Å². The minimum atomic E-state index is -0.375. The van der Waals surface area contributed by atoms with Crippen molar-refractivity contribution >= 4 is 23.4 Å². The monoisotopic (exact) mass is 349 g/mol. The van der Waals surface area contributed by atoms with Crippen molar-refractivity contribution in [1.29, 1.82) is 0 Å². The molecule has 2 amide bonds. The number of rotatable bonds is 5. The molecule has 3 rings (SSSR count). The first-order chi connectivity index (χ1) is 11.4. The Morgan fingerprint density at radius 3 is 2.88 bits per heavy atom. The Bertz CT molecular complexity index is 634. The smallest absolute Gasteiger partial charge is 0.245 e. The highest BCUT2D eigenvalue weighted by Gasteiger charge is 2.46. The summed E-state index contributed by atoms with van der Waals surface area (Å²) in [6, 6.07) is 7.12. The van der Waals surface area contributed by atoms with Gasteiger partial charge in [0.2, 0.25) is 11.8 Å². The molecule has 24 heavy (non-hydrogen) atoms. The van der Waals surface area contributed by atoms with Crippen LogP contribution >= 0.6 is 11.6 Å². The van der Waals surface area contributed by atoms with Crippen molar-refractivity contribution < 1.29 is 9.59 Å². The lowest BCUT2D eigenvalue weighted by atomic mass is 9.99. The van der Waals surface area contributed by atoms with Gasteiger partial charge in [-0.15, -0.1) is 0 Å². The average molecular weight is 350 g/mol. The van der Waals surface area contributed by atoms with Gasteiger partial charge in [-0.25, -0.2) is 0 Å². The molecule has 0 unspecified atom stereocenters. The highest BCUT2D eigenvalue weighted by atomic mass is 35.5. The molecule has 2 aliphatic rings. The summed E-state index contributed by atoms with van der Waals surface area (Å²) in [5, 5.41) is 7.05. The number of hydrogen-bond acceptors (Lipinski definition) is 3. The van der Waals surface area contributed by atoms with Gasteiger partial charge in [-0.1, -0.05) is 37.6 Å². The van der Waals surface area contributed by atoms with Crippen LogP contribution in [0.4, 0.5) is 0 Å². The molecule has 0 aliphatic carbocycles. The molecule has 2 saturated heterocycles. The van der Waals surface area contributed by atoms with Gasteiger partial charge in [0, 0.05) is 24.2 Å². The lowest BCUT2D eigenvalue weighted by molar-refractivity contribution is -0.147. The summed E-state index contributed by atoms with van der Waals surface area (Å²) in [5.41, 5.74) is 1.10.